The van der Waals surface area contributed by atoms with Crippen molar-refractivity contribution in [3.8, 4) is 10.7 Å². The predicted octanol–water partition coefficient (Wildman–Crippen LogP) is 2.80. The number of carbonyl (C=O) groups excluding carboxylic acids is 1. The van der Waals surface area contributed by atoms with E-state index in [1.54, 1.807) is 6.92 Å². The molecular weight excluding hydrogens is 419 g/mol. The van der Waals surface area contributed by atoms with Gasteiger partial charge in [0.1, 0.15) is 11.9 Å². The minimum atomic E-state index is -3.92. The number of thiophene rings is 1. The Kier molecular flexibility index (Phi) is 6.28. The Balaban J connectivity index is 1.77. The second-order valence-corrected chi connectivity index (χ2v) is 8.95. The lowest BCUT2D eigenvalue weighted by atomic mass is 10.2. The van der Waals surface area contributed by atoms with Gasteiger partial charge in [0, 0.05) is 0 Å². The highest BCUT2D eigenvalue weighted by molar-refractivity contribution is 7.92. The molecule has 11 heteroatoms. The van der Waals surface area contributed by atoms with E-state index in [0.29, 0.717) is 5.82 Å². The maximum atomic E-state index is 14.2. The molecule has 8 nitrogen and oxygen atoms in total. The first-order valence-corrected chi connectivity index (χ1v) is 11.4. The number of hydrogen-bond donors (Lipinski definition) is 1. The lowest BCUT2D eigenvalue weighted by Crippen LogP contribution is -2.49. The average Bonchev–Trinajstić information content (AvgIpc) is 3.35. The van der Waals surface area contributed by atoms with Crippen molar-refractivity contribution in [2.24, 2.45) is 0 Å². The molecule has 1 amide bonds. The number of aromatic nitrogens is 2. The number of amides is 1. The monoisotopic (exact) mass is 438 g/mol. The van der Waals surface area contributed by atoms with Gasteiger partial charge in [-0.2, -0.15) is 4.98 Å². The van der Waals surface area contributed by atoms with E-state index in [2.05, 4.69) is 15.5 Å². The summed E-state index contributed by atoms with van der Waals surface area (Å²) in [5.41, 5.74) is -0.185. The van der Waals surface area contributed by atoms with Crippen LogP contribution in [0.15, 0.2) is 46.3 Å². The van der Waals surface area contributed by atoms with E-state index in [1.807, 2.05) is 17.5 Å². The average molecular weight is 439 g/mol. The predicted molar refractivity (Wildman–Crippen MR) is 107 cm³/mol. The van der Waals surface area contributed by atoms with Crippen molar-refractivity contribution in [1.82, 2.24) is 15.5 Å². The molecule has 3 aromatic rings. The van der Waals surface area contributed by atoms with E-state index in [9.17, 15) is 17.6 Å². The fourth-order valence-corrected chi connectivity index (χ4v) is 4.64. The third-order valence-electron chi connectivity index (χ3n) is 4.04. The molecule has 1 aromatic carbocycles. The minimum absolute atomic E-state index is 0.0808. The first-order valence-electron chi connectivity index (χ1n) is 8.69. The number of halogens is 1. The van der Waals surface area contributed by atoms with Gasteiger partial charge < -0.3 is 9.84 Å². The van der Waals surface area contributed by atoms with Gasteiger partial charge in [-0.15, -0.1) is 11.3 Å². The van der Waals surface area contributed by atoms with Crippen LogP contribution in [-0.2, 0) is 21.4 Å². The van der Waals surface area contributed by atoms with Crippen LogP contribution in [0.3, 0.4) is 0 Å². The van der Waals surface area contributed by atoms with E-state index >= 15 is 0 Å². The summed E-state index contributed by atoms with van der Waals surface area (Å²) in [5, 5.41) is 8.32. The summed E-state index contributed by atoms with van der Waals surface area (Å²) in [6, 6.07) is 7.96. The zero-order valence-corrected chi connectivity index (χ0v) is 17.3. The largest absolute Gasteiger partial charge is 0.345 e. The minimum Gasteiger partial charge on any atom is -0.345 e. The van der Waals surface area contributed by atoms with Crippen molar-refractivity contribution in [3.63, 3.8) is 0 Å². The second kappa shape index (κ2) is 8.70. The molecule has 29 heavy (non-hydrogen) atoms. The number of sulfonamides is 1. The Hall–Kier alpha value is -2.79. The molecule has 0 radical (unpaired) electrons. The van der Waals surface area contributed by atoms with Crippen molar-refractivity contribution in [1.29, 1.82) is 0 Å². The SMILES string of the molecule is CC[C@@H](C(=O)NCc1nc(-c2cccs2)no1)N(c1ccccc1F)S(C)(=O)=O. The normalized spacial score (nSPS) is 12.5. The standard InChI is InChI=1S/C18H19FN4O4S2/c1-3-13(23(29(2,25)26)14-8-5-4-7-12(14)19)18(24)20-11-16-21-17(22-27-16)15-9-6-10-28-15/h4-10,13H,3,11H2,1-2H3,(H,20,24)/t13-/m0/s1. The Labute approximate surface area is 171 Å². The van der Waals surface area contributed by atoms with Gasteiger partial charge in [0.05, 0.1) is 23.4 Å². The van der Waals surface area contributed by atoms with Crippen molar-refractivity contribution >= 4 is 33.0 Å². The molecule has 0 fully saturated rings. The summed E-state index contributed by atoms with van der Waals surface area (Å²) in [4.78, 5) is 17.8. The van der Waals surface area contributed by atoms with Crippen LogP contribution in [0.5, 0.6) is 0 Å². The number of benzene rings is 1. The molecule has 0 aliphatic carbocycles. The summed E-state index contributed by atoms with van der Waals surface area (Å²) in [5.74, 6) is -0.757. The van der Waals surface area contributed by atoms with E-state index in [-0.39, 0.29) is 24.5 Å². The molecule has 0 spiro atoms. The number of nitrogens with one attached hydrogen (secondary N) is 1. The highest BCUT2D eigenvalue weighted by Crippen LogP contribution is 2.25. The summed E-state index contributed by atoms with van der Waals surface area (Å²) in [6.07, 6.45) is 1.07. The van der Waals surface area contributed by atoms with Crippen molar-refractivity contribution in [2.75, 3.05) is 10.6 Å². The molecule has 2 aromatic heterocycles. The molecule has 1 N–H and O–H groups in total. The molecule has 0 saturated carbocycles. The number of anilines is 1. The van der Waals surface area contributed by atoms with Gasteiger partial charge in [-0.3, -0.25) is 9.10 Å². The Bertz CT molecular complexity index is 1080. The number of rotatable bonds is 8. The number of para-hydroxylation sites is 1. The van der Waals surface area contributed by atoms with E-state index in [1.165, 1.54) is 29.5 Å². The first-order chi connectivity index (χ1) is 13.8. The quantitative estimate of drug-likeness (QED) is 0.580. The first kappa shape index (κ1) is 20.9. The molecule has 0 bridgehead atoms. The molecule has 154 valence electrons. The number of hydrogen-bond acceptors (Lipinski definition) is 7. The number of carbonyl (C=O) groups is 1. The summed E-state index contributed by atoms with van der Waals surface area (Å²) < 4.78 is 44.8. The smallest absolute Gasteiger partial charge is 0.246 e. The Morgan fingerprint density at radius 2 is 2.07 bits per heavy atom. The molecule has 0 unspecified atom stereocenters. The second-order valence-electron chi connectivity index (χ2n) is 6.14. The van der Waals surface area contributed by atoms with Crippen LogP contribution in [0.2, 0.25) is 0 Å². The van der Waals surface area contributed by atoms with Crippen LogP contribution in [-0.4, -0.2) is 36.8 Å². The summed E-state index contributed by atoms with van der Waals surface area (Å²) >= 11 is 1.45. The van der Waals surface area contributed by atoms with Crippen LogP contribution >= 0.6 is 11.3 Å². The molecule has 1 atom stereocenters. The van der Waals surface area contributed by atoms with Gasteiger partial charge >= 0.3 is 0 Å². The highest BCUT2D eigenvalue weighted by Gasteiger charge is 2.33. The van der Waals surface area contributed by atoms with Crippen LogP contribution < -0.4 is 9.62 Å². The van der Waals surface area contributed by atoms with Crippen molar-refractivity contribution < 1.29 is 22.1 Å². The Morgan fingerprint density at radius 1 is 1.31 bits per heavy atom. The fourth-order valence-electron chi connectivity index (χ4n) is 2.78. The lowest BCUT2D eigenvalue weighted by molar-refractivity contribution is -0.122. The van der Waals surface area contributed by atoms with Gasteiger partial charge in [0.25, 0.3) is 0 Å². The maximum absolute atomic E-state index is 14.2. The molecule has 2 heterocycles. The van der Waals surface area contributed by atoms with Crippen molar-refractivity contribution in [3.05, 3.63) is 53.5 Å². The maximum Gasteiger partial charge on any atom is 0.246 e. The zero-order valence-electron chi connectivity index (χ0n) is 15.7. The summed E-state index contributed by atoms with van der Waals surface area (Å²) in [7, 11) is -3.92. The highest BCUT2D eigenvalue weighted by atomic mass is 32.2. The van der Waals surface area contributed by atoms with Crippen LogP contribution in [0.1, 0.15) is 19.2 Å². The van der Waals surface area contributed by atoms with Crippen LogP contribution in [0.4, 0.5) is 10.1 Å². The van der Waals surface area contributed by atoms with Gasteiger partial charge in [0.15, 0.2) is 0 Å². The Morgan fingerprint density at radius 3 is 2.69 bits per heavy atom. The molecule has 0 aliphatic heterocycles. The molecular formula is C18H19FN4O4S2. The van der Waals surface area contributed by atoms with Gasteiger partial charge in [-0.25, -0.2) is 12.8 Å². The summed E-state index contributed by atoms with van der Waals surface area (Å²) in [6.45, 7) is 1.56. The van der Waals surface area contributed by atoms with Crippen molar-refractivity contribution in [2.45, 2.75) is 25.9 Å². The zero-order chi connectivity index (χ0) is 21.0. The van der Waals surface area contributed by atoms with Crippen LogP contribution in [0.25, 0.3) is 10.7 Å². The topological polar surface area (TPSA) is 105 Å². The van der Waals surface area contributed by atoms with Gasteiger partial charge in [-0.05, 0) is 30.0 Å². The number of nitrogens with zero attached hydrogens (tertiary/aromatic N) is 3. The van der Waals surface area contributed by atoms with Gasteiger partial charge in [-0.1, -0.05) is 30.3 Å². The molecule has 0 saturated heterocycles. The molecule has 0 aliphatic rings. The van der Waals surface area contributed by atoms with E-state index in [4.69, 9.17) is 4.52 Å². The van der Waals surface area contributed by atoms with Gasteiger partial charge in [0.2, 0.25) is 27.6 Å². The third-order valence-corrected chi connectivity index (χ3v) is 6.07. The van der Waals surface area contributed by atoms with Crippen LogP contribution in [0, 0.1) is 5.82 Å². The lowest BCUT2D eigenvalue weighted by Gasteiger charge is -2.30. The van der Waals surface area contributed by atoms with E-state index in [0.717, 1.165) is 21.5 Å². The third kappa shape index (κ3) is 4.80. The fraction of sp³-hybridized carbons (Fsp3) is 0.278. The molecule has 3 rings (SSSR count). The van der Waals surface area contributed by atoms with E-state index < -0.39 is 27.8 Å².